The highest BCUT2D eigenvalue weighted by Gasteiger charge is 2.50. The smallest absolute Gasteiger partial charge is 0.390 e. The minimum absolute atomic E-state index is 0.342. The van der Waals surface area contributed by atoms with Gasteiger partial charge in [0.05, 0.1) is 6.10 Å². The Hall–Kier alpha value is -0.640. The number of aliphatic hydroxyl groups excluding tert-OH is 1. The summed E-state index contributed by atoms with van der Waals surface area (Å²) in [7, 11) is -10.7. The van der Waals surface area contributed by atoms with Gasteiger partial charge in [-0.15, -0.1) is 0 Å². The molecule has 0 aliphatic rings. The lowest BCUT2D eigenvalue weighted by Crippen LogP contribution is -2.47. The molecule has 0 aromatic heterocycles. The molecule has 22 heavy (non-hydrogen) atoms. The van der Waals surface area contributed by atoms with Gasteiger partial charge in [0, 0.05) is 27.2 Å². The van der Waals surface area contributed by atoms with E-state index < -0.39 is 50.3 Å². The lowest BCUT2D eigenvalue weighted by Gasteiger charge is -2.25. The predicted octanol–water partition coefficient (Wildman–Crippen LogP) is -0.0899. The monoisotopic (exact) mass is 382 g/mol. The molecule has 15 heteroatoms. The molecule has 0 unspecified atom stereocenters. The molecular formula is C7H12F6N2O5S2. The van der Waals surface area contributed by atoms with E-state index in [0.29, 0.717) is 14.1 Å². The predicted molar refractivity (Wildman–Crippen MR) is 61.2 cm³/mol. The van der Waals surface area contributed by atoms with Crippen molar-refractivity contribution in [2.45, 2.75) is 17.1 Å². The fourth-order valence-electron chi connectivity index (χ4n) is 1.20. The number of hydrogen-bond donors (Lipinski definition) is 1. The van der Waals surface area contributed by atoms with Gasteiger partial charge < -0.3 is 5.11 Å². The van der Waals surface area contributed by atoms with Gasteiger partial charge in [-0.2, -0.15) is 35.0 Å². The van der Waals surface area contributed by atoms with Gasteiger partial charge in [-0.05, 0) is 0 Å². The average Bonchev–Trinajstić information content (AvgIpc) is 2.25. The third-order valence-corrected chi connectivity index (χ3v) is 5.45. The van der Waals surface area contributed by atoms with Crippen molar-refractivity contribution in [1.82, 2.24) is 8.61 Å². The van der Waals surface area contributed by atoms with Crippen LogP contribution in [0.25, 0.3) is 0 Å². The molecule has 0 saturated carbocycles. The molecule has 0 fully saturated rings. The van der Waals surface area contributed by atoms with Crippen LogP contribution >= 0.6 is 0 Å². The van der Waals surface area contributed by atoms with Gasteiger partial charge in [-0.1, -0.05) is 0 Å². The summed E-state index contributed by atoms with van der Waals surface area (Å²) in [5, 5.41) is 9.30. The summed E-state index contributed by atoms with van der Waals surface area (Å²) in [4.78, 5) is 0. The van der Waals surface area contributed by atoms with Crippen molar-refractivity contribution in [3.63, 3.8) is 0 Å². The molecule has 0 aromatic carbocycles. The van der Waals surface area contributed by atoms with Gasteiger partial charge in [0.15, 0.2) is 0 Å². The van der Waals surface area contributed by atoms with Crippen LogP contribution in [-0.4, -0.2) is 74.9 Å². The third-order valence-electron chi connectivity index (χ3n) is 2.34. The number of sulfonamides is 2. The maximum atomic E-state index is 12.2. The Balaban J connectivity index is 4.96. The number of aliphatic hydroxyl groups is 1. The zero-order valence-electron chi connectivity index (χ0n) is 11.1. The van der Waals surface area contributed by atoms with Crippen LogP contribution < -0.4 is 0 Å². The summed E-state index contributed by atoms with van der Waals surface area (Å²) in [6.07, 6.45) is -2.11. The van der Waals surface area contributed by atoms with E-state index in [4.69, 9.17) is 0 Å². The summed E-state index contributed by atoms with van der Waals surface area (Å²) >= 11 is 0. The second-order valence-electron chi connectivity index (χ2n) is 4.12. The van der Waals surface area contributed by atoms with Gasteiger partial charge in [-0.3, -0.25) is 0 Å². The zero-order valence-corrected chi connectivity index (χ0v) is 12.7. The molecule has 0 aliphatic heterocycles. The Morgan fingerprint density at radius 2 is 1.05 bits per heavy atom. The van der Waals surface area contributed by atoms with Crippen molar-refractivity contribution in [1.29, 1.82) is 0 Å². The fraction of sp³-hybridized carbons (Fsp3) is 1.00. The van der Waals surface area contributed by atoms with Gasteiger partial charge in [-0.25, -0.2) is 16.8 Å². The summed E-state index contributed by atoms with van der Waals surface area (Å²) in [5.74, 6) is 0. The van der Waals surface area contributed by atoms with Crippen molar-refractivity contribution in [3.05, 3.63) is 0 Å². The van der Waals surface area contributed by atoms with Gasteiger partial charge in [0.2, 0.25) is 0 Å². The molecular weight excluding hydrogens is 370 g/mol. The first-order valence-corrected chi connectivity index (χ1v) is 8.06. The highest BCUT2D eigenvalue weighted by molar-refractivity contribution is 7.90. The van der Waals surface area contributed by atoms with Crippen LogP contribution in [0.1, 0.15) is 0 Å². The molecule has 134 valence electrons. The van der Waals surface area contributed by atoms with Crippen LogP contribution in [0.5, 0.6) is 0 Å². The Bertz CT molecular complexity index is 531. The topological polar surface area (TPSA) is 95.0 Å². The van der Waals surface area contributed by atoms with Crippen LogP contribution in [0.4, 0.5) is 26.3 Å². The summed E-state index contributed by atoms with van der Waals surface area (Å²) in [5.41, 5.74) is -11.3. The molecule has 0 bridgehead atoms. The average molecular weight is 382 g/mol. The number of hydrogen-bond acceptors (Lipinski definition) is 5. The number of rotatable bonds is 6. The highest BCUT2D eigenvalue weighted by atomic mass is 32.2. The maximum absolute atomic E-state index is 12.2. The van der Waals surface area contributed by atoms with E-state index in [-0.39, 0.29) is 8.61 Å². The van der Waals surface area contributed by atoms with Crippen LogP contribution in [-0.2, 0) is 20.0 Å². The van der Waals surface area contributed by atoms with E-state index >= 15 is 0 Å². The van der Waals surface area contributed by atoms with E-state index in [9.17, 15) is 48.3 Å². The third kappa shape index (κ3) is 4.68. The lowest BCUT2D eigenvalue weighted by molar-refractivity contribution is -0.0498. The number of alkyl halides is 6. The first-order valence-electron chi connectivity index (χ1n) is 5.18. The first kappa shape index (κ1) is 21.4. The van der Waals surface area contributed by atoms with Crippen molar-refractivity contribution in [2.75, 3.05) is 27.2 Å². The number of halogens is 6. The van der Waals surface area contributed by atoms with E-state index in [1.807, 2.05) is 0 Å². The van der Waals surface area contributed by atoms with Gasteiger partial charge in [0.1, 0.15) is 0 Å². The molecule has 0 spiro atoms. The summed E-state index contributed by atoms with van der Waals surface area (Å²) in [6, 6.07) is 0. The van der Waals surface area contributed by atoms with E-state index in [2.05, 4.69) is 0 Å². The lowest BCUT2D eigenvalue weighted by atomic mass is 10.3. The van der Waals surface area contributed by atoms with Crippen LogP contribution in [0, 0.1) is 0 Å². The second-order valence-corrected chi connectivity index (χ2v) is 8.19. The van der Waals surface area contributed by atoms with Crippen LogP contribution in [0.15, 0.2) is 0 Å². The Kier molecular flexibility index (Phi) is 6.28. The van der Waals surface area contributed by atoms with E-state index in [1.54, 1.807) is 0 Å². The molecule has 0 aliphatic carbocycles. The second kappa shape index (κ2) is 6.46. The van der Waals surface area contributed by atoms with Crippen molar-refractivity contribution < 1.29 is 48.3 Å². The Morgan fingerprint density at radius 3 is 1.23 bits per heavy atom. The minimum atomic E-state index is -5.79. The normalized spacial score (nSPS) is 15.1. The van der Waals surface area contributed by atoms with Gasteiger partial charge in [0.25, 0.3) is 0 Å². The Morgan fingerprint density at radius 1 is 0.818 bits per heavy atom. The molecule has 0 rings (SSSR count). The Labute approximate surface area is 122 Å². The summed E-state index contributed by atoms with van der Waals surface area (Å²) in [6.45, 7) is -2.50. The molecule has 7 nitrogen and oxygen atoms in total. The maximum Gasteiger partial charge on any atom is 0.511 e. The number of likely N-dealkylation sites (N-methyl/N-ethyl adjacent to an activating group) is 2. The largest absolute Gasteiger partial charge is 0.511 e. The SMILES string of the molecule is CN(CC(O)CN(C)S(=O)(=O)C(F)(F)F)S(=O)(=O)C(F)(F)F. The van der Waals surface area contributed by atoms with E-state index in [0.717, 1.165) is 0 Å². The molecule has 0 heterocycles. The standard InChI is InChI=1S/C7H12F6N2O5S2/c1-14(21(17,18)6(8,9)10)3-5(16)4-15(2)22(19,20)7(11,12)13/h5,16H,3-4H2,1-2H3. The molecule has 0 saturated heterocycles. The molecule has 0 radical (unpaired) electrons. The minimum Gasteiger partial charge on any atom is -0.390 e. The van der Waals surface area contributed by atoms with Crippen LogP contribution in [0.3, 0.4) is 0 Å². The zero-order chi connectivity index (χ0) is 18.1. The molecule has 0 amide bonds. The quantitative estimate of drug-likeness (QED) is 0.648. The molecule has 0 atom stereocenters. The number of nitrogens with zero attached hydrogens (tertiary/aromatic N) is 2. The van der Waals surface area contributed by atoms with Gasteiger partial charge >= 0.3 is 31.1 Å². The fourth-order valence-corrected chi connectivity index (χ4v) is 2.64. The van der Waals surface area contributed by atoms with Crippen molar-refractivity contribution in [2.24, 2.45) is 0 Å². The highest BCUT2D eigenvalue weighted by Crippen LogP contribution is 2.27. The van der Waals surface area contributed by atoms with Crippen molar-refractivity contribution in [3.8, 4) is 0 Å². The first-order chi connectivity index (χ1) is 9.44. The summed E-state index contributed by atoms with van der Waals surface area (Å²) < 4.78 is 116. The van der Waals surface area contributed by atoms with E-state index in [1.165, 1.54) is 0 Å². The van der Waals surface area contributed by atoms with Crippen LogP contribution in [0.2, 0.25) is 0 Å². The van der Waals surface area contributed by atoms with Crippen molar-refractivity contribution >= 4 is 20.0 Å². The molecule has 0 aromatic rings. The molecule has 1 N–H and O–H groups in total.